The fraction of sp³-hybridized carbons (Fsp3) is 0.318. The Hall–Kier alpha value is -2.26. The molecule has 0 bridgehead atoms. The maximum absolute atomic E-state index is 11.1. The van der Waals surface area contributed by atoms with Crippen LogP contribution >= 0.6 is 11.6 Å². The molecule has 8 nitrogen and oxygen atoms in total. The van der Waals surface area contributed by atoms with Gasteiger partial charge in [-0.15, -0.1) is 0 Å². The molecular weight excluding hydrogens is 443 g/mol. The van der Waals surface area contributed by atoms with Gasteiger partial charge in [0.1, 0.15) is 0 Å². The number of hydrogen-bond acceptors (Lipinski definition) is 8. The zero-order valence-corrected chi connectivity index (χ0v) is 20.4. The normalized spacial score (nSPS) is 15.5. The van der Waals surface area contributed by atoms with Crippen LogP contribution in [0.15, 0.2) is 36.5 Å². The number of rotatable bonds is 5. The van der Waals surface area contributed by atoms with Crippen LogP contribution in [0.3, 0.4) is 0 Å². The Morgan fingerprint density at radius 3 is 2.75 bits per heavy atom. The van der Waals surface area contributed by atoms with Crippen molar-refractivity contribution in [2.24, 2.45) is 5.92 Å². The van der Waals surface area contributed by atoms with E-state index in [-0.39, 0.29) is 36.4 Å². The third-order valence-electron chi connectivity index (χ3n) is 5.72. The summed E-state index contributed by atoms with van der Waals surface area (Å²) in [4.78, 5) is 22.3. The minimum Gasteiger partial charge on any atom is -0.550 e. The molecule has 2 aromatic carbocycles. The Bertz CT molecular complexity index is 1150. The number of carbonyl (C=O) groups excluding carboxylic acids is 1. The predicted molar refractivity (Wildman–Crippen MR) is 114 cm³/mol. The average molecular weight is 463 g/mol. The van der Waals surface area contributed by atoms with Crippen LogP contribution in [0.4, 0.5) is 11.6 Å². The van der Waals surface area contributed by atoms with Gasteiger partial charge in [0.2, 0.25) is 12.7 Å². The van der Waals surface area contributed by atoms with Gasteiger partial charge >= 0.3 is 29.6 Å². The number of benzene rings is 2. The Morgan fingerprint density at radius 2 is 1.97 bits per heavy atom. The molecule has 1 saturated heterocycles. The summed E-state index contributed by atoms with van der Waals surface area (Å²) in [6.07, 6.45) is 2.83. The van der Waals surface area contributed by atoms with E-state index in [1.165, 1.54) is 0 Å². The van der Waals surface area contributed by atoms with Crippen LogP contribution in [-0.4, -0.2) is 35.8 Å². The molecule has 0 radical (unpaired) electrons. The van der Waals surface area contributed by atoms with E-state index in [1.54, 1.807) is 6.20 Å². The summed E-state index contributed by atoms with van der Waals surface area (Å²) in [6.45, 7) is 1.97. The van der Waals surface area contributed by atoms with Gasteiger partial charge in [-0.3, -0.25) is 0 Å². The predicted octanol–water partition coefficient (Wildman–Crippen LogP) is -0.406. The van der Waals surface area contributed by atoms with Crippen molar-refractivity contribution in [2.45, 2.75) is 19.4 Å². The zero-order valence-electron chi connectivity index (χ0n) is 17.6. The number of carboxylic acids is 1. The van der Waals surface area contributed by atoms with Crippen LogP contribution in [0.2, 0.25) is 5.02 Å². The zero-order chi connectivity index (χ0) is 21.4. The van der Waals surface area contributed by atoms with Crippen LogP contribution in [0.1, 0.15) is 18.4 Å². The number of fused-ring (bicyclic) bond motifs is 2. The van der Waals surface area contributed by atoms with E-state index in [0.29, 0.717) is 43.4 Å². The summed E-state index contributed by atoms with van der Waals surface area (Å²) in [6, 6.07) is 9.49. The first kappa shape index (κ1) is 22.9. The van der Waals surface area contributed by atoms with Gasteiger partial charge in [0, 0.05) is 43.1 Å². The van der Waals surface area contributed by atoms with Crippen LogP contribution in [0, 0.1) is 5.92 Å². The molecule has 3 heterocycles. The van der Waals surface area contributed by atoms with Crippen molar-refractivity contribution in [3.8, 4) is 11.5 Å². The number of nitrogens with zero attached hydrogens (tertiary/aromatic N) is 3. The number of carboxylic acid groups (broad SMARTS) is 1. The van der Waals surface area contributed by atoms with Gasteiger partial charge in [0.15, 0.2) is 11.5 Å². The molecule has 0 unspecified atom stereocenters. The fourth-order valence-electron chi connectivity index (χ4n) is 3.96. The smallest absolute Gasteiger partial charge is 0.550 e. The van der Waals surface area contributed by atoms with Gasteiger partial charge in [-0.25, -0.2) is 9.97 Å². The van der Waals surface area contributed by atoms with E-state index in [4.69, 9.17) is 21.1 Å². The second-order valence-electron chi connectivity index (χ2n) is 7.65. The van der Waals surface area contributed by atoms with E-state index >= 15 is 0 Å². The standard InChI is InChI=1S/C22H21ClN4O4.Na/c23-16-2-3-17-15(11-25-22(26-17)27-7-5-14(6-8-27)21(28)29)20(16)24-10-13-1-4-18-19(9-13)31-12-30-18;/h1-4,9,11,14,24H,5-8,10,12H2,(H,28,29);/q;+1/p-1. The molecule has 0 spiro atoms. The topological polar surface area (TPSA) is 99.6 Å². The third kappa shape index (κ3) is 4.59. The molecule has 1 N–H and O–H groups in total. The molecular formula is C22H20ClN4NaO4. The molecule has 2 aliphatic rings. The Morgan fingerprint density at radius 1 is 1.19 bits per heavy atom. The van der Waals surface area contributed by atoms with Crippen LogP contribution < -0.4 is 54.4 Å². The number of ether oxygens (including phenoxy) is 2. The summed E-state index contributed by atoms with van der Waals surface area (Å²) in [5.41, 5.74) is 2.56. The van der Waals surface area contributed by atoms with Crippen LogP contribution in [-0.2, 0) is 11.3 Å². The van der Waals surface area contributed by atoms with E-state index in [9.17, 15) is 9.90 Å². The minimum atomic E-state index is -0.980. The molecule has 160 valence electrons. The Kier molecular flexibility index (Phi) is 6.95. The van der Waals surface area contributed by atoms with Gasteiger partial charge in [0.05, 0.1) is 16.2 Å². The molecule has 1 fully saturated rings. The summed E-state index contributed by atoms with van der Waals surface area (Å²) in [5.74, 6) is 0.693. The van der Waals surface area contributed by atoms with E-state index in [2.05, 4.69) is 15.3 Å². The molecule has 3 aromatic rings. The number of aliphatic carboxylic acids is 1. The first-order valence-corrected chi connectivity index (χ1v) is 10.5. The molecule has 1 aromatic heterocycles. The summed E-state index contributed by atoms with van der Waals surface area (Å²) in [5, 5.41) is 15.9. The molecule has 0 atom stereocenters. The number of anilines is 2. The monoisotopic (exact) mass is 462 g/mol. The number of carbonyl (C=O) groups is 1. The molecule has 0 amide bonds. The van der Waals surface area contributed by atoms with Crippen LogP contribution in [0.25, 0.3) is 10.9 Å². The van der Waals surface area contributed by atoms with Gasteiger partial charge in [0.25, 0.3) is 0 Å². The minimum absolute atomic E-state index is 0. The van der Waals surface area contributed by atoms with Crippen molar-refractivity contribution in [1.82, 2.24) is 9.97 Å². The van der Waals surface area contributed by atoms with Crippen molar-refractivity contribution in [3.63, 3.8) is 0 Å². The summed E-state index contributed by atoms with van der Waals surface area (Å²) < 4.78 is 10.8. The summed E-state index contributed by atoms with van der Waals surface area (Å²) >= 11 is 6.46. The second-order valence-corrected chi connectivity index (χ2v) is 8.05. The molecule has 0 aliphatic carbocycles. The largest absolute Gasteiger partial charge is 1.00 e. The van der Waals surface area contributed by atoms with Crippen molar-refractivity contribution in [1.29, 1.82) is 0 Å². The van der Waals surface area contributed by atoms with Crippen molar-refractivity contribution < 1.29 is 48.9 Å². The average Bonchev–Trinajstić information content (AvgIpc) is 3.26. The number of aromatic nitrogens is 2. The molecule has 32 heavy (non-hydrogen) atoms. The Balaban J connectivity index is 0.00000245. The maximum atomic E-state index is 11.1. The molecule has 2 aliphatic heterocycles. The quantitative estimate of drug-likeness (QED) is 0.511. The van der Waals surface area contributed by atoms with Crippen molar-refractivity contribution in [3.05, 3.63) is 47.1 Å². The SMILES string of the molecule is O=C([O-])C1CCN(c2ncc3c(NCc4ccc5c(c4)OCO5)c(Cl)ccc3n2)CC1.[Na+]. The first-order valence-electron chi connectivity index (χ1n) is 10.1. The number of piperidine rings is 1. The number of halogens is 1. The van der Waals surface area contributed by atoms with Gasteiger partial charge in [-0.05, 0) is 42.7 Å². The van der Waals surface area contributed by atoms with E-state index < -0.39 is 11.9 Å². The van der Waals surface area contributed by atoms with Crippen molar-refractivity contribution >= 4 is 40.1 Å². The number of hydrogen-bond donors (Lipinski definition) is 1. The molecule has 10 heteroatoms. The summed E-state index contributed by atoms with van der Waals surface area (Å²) in [7, 11) is 0. The van der Waals surface area contributed by atoms with E-state index in [0.717, 1.165) is 33.7 Å². The van der Waals surface area contributed by atoms with Crippen molar-refractivity contribution in [2.75, 3.05) is 30.1 Å². The Labute approximate surface area is 212 Å². The van der Waals surface area contributed by atoms with Crippen LogP contribution in [0.5, 0.6) is 11.5 Å². The van der Waals surface area contributed by atoms with E-state index in [1.807, 2.05) is 35.2 Å². The second kappa shape index (κ2) is 9.70. The number of nitrogens with one attached hydrogen (secondary N) is 1. The van der Waals surface area contributed by atoms with Gasteiger partial charge < -0.3 is 29.6 Å². The van der Waals surface area contributed by atoms with Gasteiger partial charge in [-0.1, -0.05) is 17.7 Å². The maximum Gasteiger partial charge on any atom is 1.00 e. The van der Waals surface area contributed by atoms with Gasteiger partial charge in [-0.2, -0.15) is 0 Å². The molecule has 5 rings (SSSR count). The third-order valence-corrected chi connectivity index (χ3v) is 6.03. The molecule has 0 saturated carbocycles. The first-order chi connectivity index (χ1) is 15.1. The fourth-order valence-corrected chi connectivity index (χ4v) is 4.19.